The molecule has 20 heteroatoms. The number of aldehydes is 1. The van der Waals surface area contributed by atoms with E-state index in [1.165, 1.54) is 48.5 Å². The average molecular weight is 688 g/mol. The normalized spacial score (nSPS) is 15.9. The zero-order valence-corrected chi connectivity index (χ0v) is 21.6. The number of carbonyl (C=O) groups is 1. The quantitative estimate of drug-likeness (QED) is 0.139. The van der Waals surface area contributed by atoms with E-state index in [2.05, 4.69) is 9.47 Å². The van der Waals surface area contributed by atoms with E-state index in [-0.39, 0.29) is 11.1 Å². The van der Waals surface area contributed by atoms with Crippen LogP contribution in [0, 0.1) is 0 Å². The van der Waals surface area contributed by atoms with Crippen molar-refractivity contribution >= 4 is 6.29 Å². The van der Waals surface area contributed by atoms with Gasteiger partial charge in [0.2, 0.25) is 0 Å². The van der Waals surface area contributed by atoms with Crippen LogP contribution in [0.3, 0.4) is 0 Å². The predicted octanol–water partition coefficient (Wildman–Crippen LogP) is 8.37. The molecule has 0 saturated heterocycles. The summed E-state index contributed by atoms with van der Waals surface area (Å²) < 4.78 is 244. The summed E-state index contributed by atoms with van der Waals surface area (Å²) in [6.07, 6.45) is -15.9. The van der Waals surface area contributed by atoms with Gasteiger partial charge >= 0.3 is 47.6 Å². The molecule has 0 aliphatic rings. The highest BCUT2D eigenvalue weighted by atomic mass is 19.4. The molecule has 0 fully saturated rings. The number of carbonyl (C=O) groups excluding carboxylic acids is 1. The van der Waals surface area contributed by atoms with Gasteiger partial charge in [0.25, 0.3) is 0 Å². The maximum absolute atomic E-state index is 15.2. The molecule has 2 aromatic carbocycles. The molecule has 0 unspecified atom stereocenters. The standard InChI is InChI=1S/C25H17F17O3/c26-18(27,17(45-13-15-9-5-2-6-10-15)16(11-43)44-12-14-7-3-1-4-8-14)19(28,29)20(30,31)21(32,33)22(34,35)23(36,37)24(38,39)25(40,41)42/h1-11,16-17H,12-13H2/t16-,17+/m0/s1. The molecule has 0 heterocycles. The van der Waals surface area contributed by atoms with Crippen LogP contribution in [-0.4, -0.2) is 66.1 Å². The van der Waals surface area contributed by atoms with Crippen LogP contribution in [0.15, 0.2) is 60.7 Å². The third kappa shape index (κ3) is 6.44. The van der Waals surface area contributed by atoms with E-state index in [9.17, 15) is 70.7 Å². The highest BCUT2D eigenvalue weighted by molar-refractivity contribution is 5.57. The Balaban J connectivity index is 2.64. The van der Waals surface area contributed by atoms with Crippen LogP contribution in [0.25, 0.3) is 0 Å². The van der Waals surface area contributed by atoms with Crippen molar-refractivity contribution in [2.24, 2.45) is 0 Å². The summed E-state index contributed by atoms with van der Waals surface area (Å²) >= 11 is 0. The molecule has 0 aliphatic carbocycles. The molecule has 2 atom stereocenters. The minimum atomic E-state index is -8.78. The number of benzene rings is 2. The molecule has 0 aliphatic heterocycles. The predicted molar refractivity (Wildman–Crippen MR) is 117 cm³/mol. The molecule has 0 aromatic heterocycles. The van der Waals surface area contributed by atoms with Crippen LogP contribution in [0.1, 0.15) is 11.1 Å². The van der Waals surface area contributed by atoms with Crippen molar-refractivity contribution in [3.05, 3.63) is 71.8 Å². The number of halogens is 17. The fraction of sp³-hybridized carbons (Fsp3) is 0.480. The lowest BCUT2D eigenvalue weighted by Gasteiger charge is -2.44. The van der Waals surface area contributed by atoms with E-state index in [1.54, 1.807) is 0 Å². The van der Waals surface area contributed by atoms with E-state index in [1.807, 2.05) is 0 Å². The van der Waals surface area contributed by atoms with Crippen LogP contribution in [-0.2, 0) is 27.5 Å². The highest BCUT2D eigenvalue weighted by Crippen LogP contribution is 2.64. The van der Waals surface area contributed by atoms with Crippen molar-refractivity contribution in [3.8, 4) is 0 Å². The second-order valence-corrected chi connectivity index (χ2v) is 9.18. The Bertz CT molecular complexity index is 1260. The molecule has 0 spiro atoms. The maximum Gasteiger partial charge on any atom is 0.460 e. The maximum atomic E-state index is 15.2. The lowest BCUT2D eigenvalue weighted by Crippen LogP contribution is -2.75. The summed E-state index contributed by atoms with van der Waals surface area (Å²) in [4.78, 5) is 11.6. The minimum Gasteiger partial charge on any atom is -0.364 e. The summed E-state index contributed by atoms with van der Waals surface area (Å²) in [7, 11) is 0. The first kappa shape index (κ1) is 38.0. The van der Waals surface area contributed by atoms with E-state index >= 15 is 8.78 Å². The summed E-state index contributed by atoms with van der Waals surface area (Å²) in [5, 5.41) is 0. The largest absolute Gasteiger partial charge is 0.460 e. The van der Waals surface area contributed by atoms with E-state index in [0.717, 1.165) is 12.1 Å². The van der Waals surface area contributed by atoms with E-state index < -0.39 is 79.3 Å². The number of alkyl halides is 17. The Kier molecular flexibility index (Phi) is 10.6. The average Bonchev–Trinajstić information content (AvgIpc) is 2.94. The SMILES string of the molecule is O=C[C@H](OCc1ccccc1)[C@@H](OCc1ccccc1)C(F)(F)C(F)(F)C(F)(F)C(F)(F)C(F)(F)C(F)(F)C(F)(F)C(F)(F)F. The zero-order chi connectivity index (χ0) is 34.9. The fourth-order valence-corrected chi connectivity index (χ4v) is 3.49. The smallest absolute Gasteiger partial charge is 0.364 e. The Hall–Kier alpha value is -3.16. The summed E-state index contributed by atoms with van der Waals surface area (Å²) in [6.45, 7) is -2.30. The Morgan fingerprint density at radius 3 is 1.18 bits per heavy atom. The monoisotopic (exact) mass is 688 g/mol. The number of ether oxygens (including phenoxy) is 2. The van der Waals surface area contributed by atoms with Crippen LogP contribution >= 0.6 is 0 Å². The molecule has 0 radical (unpaired) electrons. The Morgan fingerprint density at radius 1 is 0.489 bits per heavy atom. The molecular weight excluding hydrogens is 671 g/mol. The van der Waals surface area contributed by atoms with Gasteiger partial charge in [0.1, 0.15) is 6.10 Å². The molecular formula is C25H17F17O3. The van der Waals surface area contributed by atoms with Crippen LogP contribution in [0.5, 0.6) is 0 Å². The highest BCUT2D eigenvalue weighted by Gasteiger charge is 2.95. The van der Waals surface area contributed by atoms with Crippen molar-refractivity contribution in [2.75, 3.05) is 0 Å². The summed E-state index contributed by atoms with van der Waals surface area (Å²) in [5.74, 6) is -58.1. The summed E-state index contributed by atoms with van der Waals surface area (Å²) in [6, 6.07) is 12.1. The van der Waals surface area contributed by atoms with Gasteiger partial charge in [-0.05, 0) is 11.1 Å². The minimum absolute atomic E-state index is 0.00874. The molecule has 0 amide bonds. The van der Waals surface area contributed by atoms with Gasteiger partial charge in [0.05, 0.1) is 13.2 Å². The van der Waals surface area contributed by atoms with Gasteiger partial charge in [-0.2, -0.15) is 74.6 Å². The second kappa shape index (κ2) is 12.6. The fourth-order valence-electron chi connectivity index (χ4n) is 3.49. The lowest BCUT2D eigenvalue weighted by molar-refractivity contribution is -0.465. The lowest BCUT2D eigenvalue weighted by atomic mass is 9.87. The third-order valence-electron chi connectivity index (χ3n) is 6.09. The van der Waals surface area contributed by atoms with Gasteiger partial charge in [-0.15, -0.1) is 0 Å². The van der Waals surface area contributed by atoms with Gasteiger partial charge in [0, 0.05) is 0 Å². The molecule has 254 valence electrons. The molecule has 2 aromatic rings. The zero-order valence-electron chi connectivity index (χ0n) is 21.6. The van der Waals surface area contributed by atoms with Gasteiger partial charge in [0.15, 0.2) is 12.4 Å². The number of hydrogen-bond donors (Lipinski definition) is 0. The second-order valence-electron chi connectivity index (χ2n) is 9.18. The third-order valence-corrected chi connectivity index (χ3v) is 6.09. The first-order chi connectivity index (χ1) is 20.3. The Morgan fingerprint density at radius 2 is 0.822 bits per heavy atom. The topological polar surface area (TPSA) is 35.5 Å². The molecule has 2 rings (SSSR count). The first-order valence-corrected chi connectivity index (χ1v) is 11.7. The van der Waals surface area contributed by atoms with Crippen molar-refractivity contribution in [1.29, 1.82) is 0 Å². The Labute approximate surface area is 240 Å². The van der Waals surface area contributed by atoms with Crippen molar-refractivity contribution in [1.82, 2.24) is 0 Å². The van der Waals surface area contributed by atoms with Crippen molar-refractivity contribution in [3.63, 3.8) is 0 Å². The molecule has 3 nitrogen and oxygen atoms in total. The molecule has 0 N–H and O–H groups in total. The molecule has 45 heavy (non-hydrogen) atoms. The summed E-state index contributed by atoms with van der Waals surface area (Å²) in [5.41, 5.74) is -0.252. The molecule has 0 saturated carbocycles. The number of rotatable bonds is 15. The van der Waals surface area contributed by atoms with Crippen molar-refractivity contribution in [2.45, 2.75) is 73.1 Å². The van der Waals surface area contributed by atoms with Gasteiger partial charge < -0.3 is 14.3 Å². The van der Waals surface area contributed by atoms with Gasteiger partial charge in [-0.1, -0.05) is 60.7 Å². The van der Waals surface area contributed by atoms with Crippen molar-refractivity contribution < 1.29 is 88.9 Å². The van der Waals surface area contributed by atoms with Crippen LogP contribution < -0.4 is 0 Å². The van der Waals surface area contributed by atoms with E-state index in [0.29, 0.717) is 0 Å². The van der Waals surface area contributed by atoms with Crippen LogP contribution in [0.2, 0.25) is 0 Å². The van der Waals surface area contributed by atoms with Gasteiger partial charge in [-0.25, -0.2) is 0 Å². The van der Waals surface area contributed by atoms with Crippen LogP contribution in [0.4, 0.5) is 74.6 Å². The van der Waals surface area contributed by atoms with Gasteiger partial charge in [-0.3, -0.25) is 0 Å². The number of hydrogen-bond acceptors (Lipinski definition) is 3. The molecule has 0 bridgehead atoms. The van der Waals surface area contributed by atoms with E-state index in [4.69, 9.17) is 0 Å². The first-order valence-electron chi connectivity index (χ1n) is 11.7.